The van der Waals surface area contributed by atoms with Gasteiger partial charge < -0.3 is 9.26 Å². The molecule has 1 aliphatic heterocycles. The maximum Gasteiger partial charge on any atom is 0.293 e. The van der Waals surface area contributed by atoms with Gasteiger partial charge in [-0.15, -0.1) is 0 Å². The summed E-state index contributed by atoms with van der Waals surface area (Å²) in [5.74, 6) is 1.07. The van der Waals surface area contributed by atoms with E-state index >= 15 is 0 Å². The summed E-state index contributed by atoms with van der Waals surface area (Å²) in [5.41, 5.74) is 0. The Hall–Kier alpha value is -0.420. The number of ether oxygens (including phenoxy) is 1. The Morgan fingerprint density at radius 1 is 1.55 bits per heavy atom. The Labute approximate surface area is 72.1 Å². The quantitative estimate of drug-likeness (QED) is 0.714. The van der Waals surface area contributed by atoms with Gasteiger partial charge in [0.2, 0.25) is 0 Å². The van der Waals surface area contributed by atoms with Crippen molar-refractivity contribution in [2.75, 3.05) is 13.2 Å². The van der Waals surface area contributed by atoms with Crippen molar-refractivity contribution < 1.29 is 9.26 Å². The fourth-order valence-corrected chi connectivity index (χ4v) is 1.37. The largest absolute Gasteiger partial charge is 0.381 e. The fraction of sp³-hybridized carbons (Fsp3) is 0.667. The summed E-state index contributed by atoms with van der Waals surface area (Å²) in [5, 5.41) is 3.78. The molecule has 0 spiro atoms. The average Bonchev–Trinajstić information content (AvgIpc) is 2.55. The number of halogens is 1. The molecule has 1 fully saturated rings. The lowest BCUT2D eigenvalue weighted by molar-refractivity contribution is 0.192. The standard InChI is InChI=1S/C6H7BrN2O2/c7-6-8-5(9-11-6)4-1-2-10-3-4/h4H,1-3H2. The van der Waals surface area contributed by atoms with E-state index in [0.717, 1.165) is 18.9 Å². The lowest BCUT2D eigenvalue weighted by Gasteiger charge is -1.96. The molecule has 1 saturated heterocycles. The zero-order valence-electron chi connectivity index (χ0n) is 5.79. The van der Waals surface area contributed by atoms with Gasteiger partial charge in [0.25, 0.3) is 4.80 Å². The Bertz CT molecular complexity index is 244. The van der Waals surface area contributed by atoms with Crippen LogP contribution in [0.25, 0.3) is 0 Å². The van der Waals surface area contributed by atoms with Crippen LogP contribution in [0.2, 0.25) is 0 Å². The summed E-state index contributed by atoms with van der Waals surface area (Å²) in [7, 11) is 0. The molecule has 4 nitrogen and oxygen atoms in total. The molecule has 2 rings (SSSR count). The van der Waals surface area contributed by atoms with E-state index < -0.39 is 0 Å². The van der Waals surface area contributed by atoms with E-state index in [1.165, 1.54) is 0 Å². The summed E-state index contributed by atoms with van der Waals surface area (Å²) in [6.07, 6.45) is 0.992. The van der Waals surface area contributed by atoms with Crippen LogP contribution in [0, 0.1) is 0 Å². The number of hydrogen-bond donors (Lipinski definition) is 0. The number of aromatic nitrogens is 2. The van der Waals surface area contributed by atoms with E-state index in [1.807, 2.05) is 0 Å². The normalized spacial score (nSPS) is 24.3. The van der Waals surface area contributed by atoms with Gasteiger partial charge in [-0.2, -0.15) is 4.98 Å². The van der Waals surface area contributed by atoms with Crippen molar-refractivity contribution in [3.63, 3.8) is 0 Å². The molecule has 1 aromatic heterocycles. The van der Waals surface area contributed by atoms with Crippen molar-refractivity contribution >= 4 is 15.9 Å². The minimum atomic E-state index is 0.324. The highest BCUT2D eigenvalue weighted by atomic mass is 79.9. The first kappa shape index (κ1) is 7.24. The first-order valence-electron chi connectivity index (χ1n) is 3.43. The SMILES string of the molecule is Brc1nc(C2CCOC2)no1. The third-order valence-electron chi connectivity index (χ3n) is 1.71. The maximum absolute atomic E-state index is 5.18. The molecule has 1 aliphatic rings. The van der Waals surface area contributed by atoms with E-state index in [0.29, 0.717) is 17.3 Å². The van der Waals surface area contributed by atoms with E-state index in [1.54, 1.807) is 0 Å². The van der Waals surface area contributed by atoms with Gasteiger partial charge in [0.15, 0.2) is 5.82 Å². The van der Waals surface area contributed by atoms with Gasteiger partial charge in [-0.3, -0.25) is 0 Å². The van der Waals surface area contributed by atoms with Gasteiger partial charge in [0.1, 0.15) is 0 Å². The second-order valence-electron chi connectivity index (χ2n) is 2.47. The second kappa shape index (κ2) is 2.91. The minimum absolute atomic E-state index is 0.324. The van der Waals surface area contributed by atoms with Crippen molar-refractivity contribution in [3.05, 3.63) is 10.6 Å². The van der Waals surface area contributed by atoms with Gasteiger partial charge in [-0.05, 0) is 6.42 Å². The minimum Gasteiger partial charge on any atom is -0.381 e. The first-order chi connectivity index (χ1) is 5.36. The smallest absolute Gasteiger partial charge is 0.293 e. The summed E-state index contributed by atoms with van der Waals surface area (Å²) >= 11 is 3.10. The summed E-state index contributed by atoms with van der Waals surface area (Å²) < 4.78 is 9.96. The van der Waals surface area contributed by atoms with Crippen LogP contribution in [0.15, 0.2) is 9.32 Å². The Morgan fingerprint density at radius 2 is 2.45 bits per heavy atom. The molecular weight excluding hydrogens is 212 g/mol. The molecule has 0 N–H and O–H groups in total. The van der Waals surface area contributed by atoms with Crippen LogP contribution in [0.5, 0.6) is 0 Å². The van der Waals surface area contributed by atoms with Crippen LogP contribution in [-0.2, 0) is 4.74 Å². The molecule has 5 heteroatoms. The molecule has 0 saturated carbocycles. The molecule has 0 amide bonds. The summed E-state index contributed by atoms with van der Waals surface area (Å²) in [6.45, 7) is 1.52. The average molecular weight is 219 g/mol. The molecule has 11 heavy (non-hydrogen) atoms. The van der Waals surface area contributed by atoms with E-state index in [4.69, 9.17) is 9.26 Å². The monoisotopic (exact) mass is 218 g/mol. The highest BCUT2D eigenvalue weighted by Crippen LogP contribution is 2.23. The van der Waals surface area contributed by atoms with Crippen LogP contribution in [0.1, 0.15) is 18.2 Å². The lowest BCUT2D eigenvalue weighted by Crippen LogP contribution is -1.99. The molecule has 1 aromatic rings. The van der Waals surface area contributed by atoms with Crippen LogP contribution >= 0.6 is 15.9 Å². The molecule has 1 atom stereocenters. The first-order valence-corrected chi connectivity index (χ1v) is 4.22. The topological polar surface area (TPSA) is 48.2 Å². The summed E-state index contributed by atoms with van der Waals surface area (Å²) in [4.78, 5) is 4.50. The number of hydrogen-bond acceptors (Lipinski definition) is 4. The molecule has 1 unspecified atom stereocenters. The lowest BCUT2D eigenvalue weighted by atomic mass is 10.1. The van der Waals surface area contributed by atoms with Gasteiger partial charge in [0.05, 0.1) is 6.61 Å². The summed E-state index contributed by atoms with van der Waals surface area (Å²) in [6, 6.07) is 0. The third-order valence-corrected chi connectivity index (χ3v) is 2.03. The van der Waals surface area contributed by atoms with Crippen molar-refractivity contribution in [1.82, 2.24) is 10.1 Å². The molecule has 2 heterocycles. The molecule has 0 aliphatic carbocycles. The van der Waals surface area contributed by atoms with E-state index in [2.05, 4.69) is 26.1 Å². The van der Waals surface area contributed by atoms with Gasteiger partial charge >= 0.3 is 0 Å². The van der Waals surface area contributed by atoms with Crippen LogP contribution in [0.3, 0.4) is 0 Å². The van der Waals surface area contributed by atoms with Crippen molar-refractivity contribution in [3.8, 4) is 0 Å². The van der Waals surface area contributed by atoms with Gasteiger partial charge in [-0.1, -0.05) is 5.16 Å². The van der Waals surface area contributed by atoms with Crippen molar-refractivity contribution in [2.24, 2.45) is 0 Å². The van der Waals surface area contributed by atoms with Crippen LogP contribution < -0.4 is 0 Å². The molecule has 0 radical (unpaired) electrons. The van der Waals surface area contributed by atoms with E-state index in [-0.39, 0.29) is 0 Å². The third kappa shape index (κ3) is 1.44. The van der Waals surface area contributed by atoms with E-state index in [9.17, 15) is 0 Å². The number of nitrogens with zero attached hydrogens (tertiary/aromatic N) is 2. The molecule has 60 valence electrons. The second-order valence-corrected chi connectivity index (χ2v) is 3.14. The van der Waals surface area contributed by atoms with Crippen molar-refractivity contribution in [1.29, 1.82) is 0 Å². The Morgan fingerprint density at radius 3 is 3.00 bits per heavy atom. The maximum atomic E-state index is 5.18. The van der Waals surface area contributed by atoms with Crippen LogP contribution in [-0.4, -0.2) is 23.4 Å². The zero-order valence-corrected chi connectivity index (χ0v) is 7.37. The van der Waals surface area contributed by atoms with Crippen LogP contribution in [0.4, 0.5) is 0 Å². The Balaban J connectivity index is 2.15. The Kier molecular flexibility index (Phi) is 1.91. The highest BCUT2D eigenvalue weighted by Gasteiger charge is 2.22. The predicted octanol–water partition coefficient (Wildman–Crippen LogP) is 1.34. The van der Waals surface area contributed by atoms with Gasteiger partial charge in [0, 0.05) is 28.5 Å². The molecule has 0 bridgehead atoms. The van der Waals surface area contributed by atoms with Crippen molar-refractivity contribution in [2.45, 2.75) is 12.3 Å². The fourth-order valence-electron chi connectivity index (χ4n) is 1.12. The zero-order chi connectivity index (χ0) is 7.68. The molecule has 0 aromatic carbocycles. The number of rotatable bonds is 1. The molecular formula is C6H7BrN2O2. The highest BCUT2D eigenvalue weighted by molar-refractivity contribution is 9.10. The predicted molar refractivity (Wildman–Crippen MR) is 40.2 cm³/mol. The van der Waals surface area contributed by atoms with Gasteiger partial charge in [-0.25, -0.2) is 0 Å².